The molecule has 0 amide bonds. The fraction of sp³-hybridized carbons (Fsp3) is 1.00. The largest absolute Gasteiger partial charge is 0.314 e. The Morgan fingerprint density at radius 3 is 2.25 bits per heavy atom. The molecule has 0 aliphatic carbocycles. The minimum Gasteiger partial charge on any atom is -0.314 e. The van der Waals surface area contributed by atoms with E-state index < -0.39 is 0 Å². The molecule has 0 saturated heterocycles. The van der Waals surface area contributed by atoms with Crippen LogP contribution in [-0.4, -0.2) is 12.6 Å². The molecule has 1 nitrogen and oxygen atoms in total. The summed E-state index contributed by atoms with van der Waals surface area (Å²) in [6.45, 7) is 10.2. The van der Waals surface area contributed by atoms with Crippen LogP contribution in [0.25, 0.3) is 0 Å². The van der Waals surface area contributed by atoms with Crippen molar-refractivity contribution in [1.29, 1.82) is 0 Å². The van der Waals surface area contributed by atoms with Crippen molar-refractivity contribution in [2.24, 2.45) is 5.92 Å². The predicted octanol–water partition coefficient (Wildman–Crippen LogP) is 3.20. The number of nitrogens with one attached hydrogen (secondary N) is 1. The highest BCUT2D eigenvalue weighted by atomic mass is 14.9. The van der Waals surface area contributed by atoms with Gasteiger partial charge in [-0.15, -0.1) is 0 Å². The van der Waals surface area contributed by atoms with E-state index in [1.54, 1.807) is 0 Å². The molecule has 0 aromatic rings. The van der Waals surface area contributed by atoms with Gasteiger partial charge in [0.25, 0.3) is 0 Å². The van der Waals surface area contributed by atoms with Gasteiger partial charge in [-0.25, -0.2) is 0 Å². The van der Waals surface area contributed by atoms with Gasteiger partial charge >= 0.3 is 0 Å². The Morgan fingerprint density at radius 1 is 1.17 bits per heavy atom. The van der Waals surface area contributed by atoms with Crippen molar-refractivity contribution in [3.63, 3.8) is 0 Å². The number of unbranched alkanes of at least 4 members (excludes halogenated alkanes) is 1. The second-order valence-electron chi connectivity index (χ2n) is 3.66. The molecule has 0 saturated carbocycles. The third-order valence-corrected chi connectivity index (χ3v) is 2.69. The minimum atomic E-state index is 0.701. The summed E-state index contributed by atoms with van der Waals surface area (Å²) >= 11 is 0. The Kier molecular flexibility index (Phi) is 7.58. The molecule has 0 aliphatic heterocycles. The maximum absolute atomic E-state index is 3.51. The Balaban J connectivity index is 3.62. The van der Waals surface area contributed by atoms with Gasteiger partial charge < -0.3 is 5.32 Å². The van der Waals surface area contributed by atoms with Crippen LogP contribution in [0.1, 0.15) is 53.4 Å². The standard InChI is InChI=1S/C11H25N/c1-5-8-9-11(6-2)10(4)12-7-3/h10-12H,5-9H2,1-4H3. The summed E-state index contributed by atoms with van der Waals surface area (Å²) in [5.74, 6) is 0.880. The fourth-order valence-electron chi connectivity index (χ4n) is 1.76. The molecule has 2 unspecified atom stereocenters. The van der Waals surface area contributed by atoms with Crippen LogP contribution in [0, 0.1) is 5.92 Å². The zero-order valence-corrected chi connectivity index (χ0v) is 9.19. The average molecular weight is 171 g/mol. The van der Waals surface area contributed by atoms with Gasteiger partial charge in [0.2, 0.25) is 0 Å². The summed E-state index contributed by atoms with van der Waals surface area (Å²) in [7, 11) is 0. The van der Waals surface area contributed by atoms with E-state index in [0.717, 1.165) is 12.5 Å². The lowest BCUT2D eigenvalue weighted by molar-refractivity contribution is 0.340. The van der Waals surface area contributed by atoms with Crippen molar-refractivity contribution in [3.8, 4) is 0 Å². The Morgan fingerprint density at radius 2 is 1.83 bits per heavy atom. The molecule has 0 fully saturated rings. The van der Waals surface area contributed by atoms with Crippen molar-refractivity contribution in [3.05, 3.63) is 0 Å². The third kappa shape index (κ3) is 4.76. The second-order valence-corrected chi connectivity index (χ2v) is 3.66. The Hall–Kier alpha value is -0.0400. The van der Waals surface area contributed by atoms with E-state index in [4.69, 9.17) is 0 Å². The van der Waals surface area contributed by atoms with E-state index in [-0.39, 0.29) is 0 Å². The zero-order chi connectivity index (χ0) is 9.40. The molecule has 0 aromatic carbocycles. The third-order valence-electron chi connectivity index (χ3n) is 2.69. The van der Waals surface area contributed by atoms with Gasteiger partial charge in [-0.2, -0.15) is 0 Å². The normalized spacial score (nSPS) is 16.0. The summed E-state index contributed by atoms with van der Waals surface area (Å²) in [5, 5.41) is 3.51. The van der Waals surface area contributed by atoms with Gasteiger partial charge in [-0.05, 0) is 25.8 Å². The highest BCUT2D eigenvalue weighted by Gasteiger charge is 2.12. The molecule has 74 valence electrons. The first kappa shape index (κ1) is 12.0. The molecular weight excluding hydrogens is 146 g/mol. The lowest BCUT2D eigenvalue weighted by Gasteiger charge is -2.23. The van der Waals surface area contributed by atoms with Crippen molar-refractivity contribution in [2.45, 2.75) is 59.4 Å². The van der Waals surface area contributed by atoms with E-state index in [9.17, 15) is 0 Å². The van der Waals surface area contributed by atoms with Crippen LogP contribution in [0.2, 0.25) is 0 Å². The van der Waals surface area contributed by atoms with E-state index in [1.807, 2.05) is 0 Å². The summed E-state index contributed by atoms with van der Waals surface area (Å²) in [4.78, 5) is 0. The first-order chi connectivity index (χ1) is 5.76. The maximum Gasteiger partial charge on any atom is 0.00667 e. The molecule has 1 N–H and O–H groups in total. The molecule has 1 heteroatoms. The van der Waals surface area contributed by atoms with Crippen LogP contribution in [-0.2, 0) is 0 Å². The van der Waals surface area contributed by atoms with Crippen molar-refractivity contribution in [1.82, 2.24) is 5.32 Å². The Labute approximate surface area is 77.9 Å². The smallest absolute Gasteiger partial charge is 0.00667 e. The van der Waals surface area contributed by atoms with Gasteiger partial charge in [0, 0.05) is 6.04 Å². The van der Waals surface area contributed by atoms with E-state index in [0.29, 0.717) is 6.04 Å². The van der Waals surface area contributed by atoms with Gasteiger partial charge in [-0.1, -0.05) is 40.0 Å². The van der Waals surface area contributed by atoms with Crippen LogP contribution < -0.4 is 5.32 Å². The summed E-state index contributed by atoms with van der Waals surface area (Å²) in [6, 6.07) is 0.701. The van der Waals surface area contributed by atoms with Crippen LogP contribution in [0.5, 0.6) is 0 Å². The molecule has 0 aromatic heterocycles. The van der Waals surface area contributed by atoms with Crippen LogP contribution in [0.3, 0.4) is 0 Å². The minimum absolute atomic E-state index is 0.701. The Bertz CT molecular complexity index is 91.0. The monoisotopic (exact) mass is 171 g/mol. The first-order valence-electron chi connectivity index (χ1n) is 5.49. The van der Waals surface area contributed by atoms with Gasteiger partial charge in [0.05, 0.1) is 0 Å². The summed E-state index contributed by atoms with van der Waals surface area (Å²) < 4.78 is 0. The molecule has 0 radical (unpaired) electrons. The SMILES string of the molecule is CCCCC(CC)C(C)NCC. The van der Waals surface area contributed by atoms with Crippen LogP contribution in [0.4, 0.5) is 0 Å². The average Bonchev–Trinajstić information content (AvgIpc) is 2.06. The highest BCUT2D eigenvalue weighted by molar-refractivity contribution is 4.70. The molecule has 0 heterocycles. The molecule has 0 aliphatic rings. The molecule has 12 heavy (non-hydrogen) atoms. The lowest BCUT2D eigenvalue weighted by Crippen LogP contribution is -2.33. The summed E-state index contributed by atoms with van der Waals surface area (Å²) in [6.07, 6.45) is 5.42. The molecule has 0 rings (SSSR count). The zero-order valence-electron chi connectivity index (χ0n) is 9.19. The fourth-order valence-corrected chi connectivity index (χ4v) is 1.76. The van der Waals surface area contributed by atoms with E-state index in [2.05, 4.69) is 33.0 Å². The number of hydrogen-bond acceptors (Lipinski definition) is 1. The highest BCUT2D eigenvalue weighted by Crippen LogP contribution is 2.16. The number of rotatable bonds is 7. The number of hydrogen-bond donors (Lipinski definition) is 1. The molecule has 0 bridgehead atoms. The molecular formula is C11H25N. The van der Waals surface area contributed by atoms with Gasteiger partial charge in [0.15, 0.2) is 0 Å². The van der Waals surface area contributed by atoms with Gasteiger partial charge in [0.1, 0.15) is 0 Å². The topological polar surface area (TPSA) is 12.0 Å². The maximum atomic E-state index is 3.51. The van der Waals surface area contributed by atoms with Crippen LogP contribution >= 0.6 is 0 Å². The second kappa shape index (κ2) is 7.60. The van der Waals surface area contributed by atoms with Crippen molar-refractivity contribution >= 4 is 0 Å². The van der Waals surface area contributed by atoms with Gasteiger partial charge in [-0.3, -0.25) is 0 Å². The predicted molar refractivity (Wildman–Crippen MR) is 56.4 cm³/mol. The first-order valence-corrected chi connectivity index (χ1v) is 5.49. The summed E-state index contributed by atoms with van der Waals surface area (Å²) in [5.41, 5.74) is 0. The van der Waals surface area contributed by atoms with E-state index in [1.165, 1.54) is 25.7 Å². The van der Waals surface area contributed by atoms with Crippen molar-refractivity contribution in [2.75, 3.05) is 6.54 Å². The quantitative estimate of drug-likeness (QED) is 0.620. The van der Waals surface area contributed by atoms with Crippen molar-refractivity contribution < 1.29 is 0 Å². The molecule has 0 spiro atoms. The van der Waals surface area contributed by atoms with E-state index >= 15 is 0 Å². The molecule has 2 atom stereocenters. The van der Waals surface area contributed by atoms with Crippen LogP contribution in [0.15, 0.2) is 0 Å². The lowest BCUT2D eigenvalue weighted by atomic mass is 9.92.